The zero-order valence-corrected chi connectivity index (χ0v) is 30.0. The van der Waals surface area contributed by atoms with Crippen LogP contribution in [0.25, 0.3) is 10.9 Å². The number of aromatic amines is 1. The fraction of sp³-hybridized carbons (Fsp3) is 0.400. The predicted molar refractivity (Wildman–Crippen MR) is 197 cm³/mol. The summed E-state index contributed by atoms with van der Waals surface area (Å²) < 4.78 is 5.29. The minimum Gasteiger partial charge on any atom is -0.504 e. The molecule has 0 radical (unpaired) electrons. The number of nitrogens with zero attached hydrogens (tertiary/aromatic N) is 3. The number of piperazine rings is 2. The van der Waals surface area contributed by atoms with Crippen LogP contribution in [0.5, 0.6) is 11.5 Å². The van der Waals surface area contributed by atoms with Gasteiger partial charge in [-0.15, -0.1) is 0 Å². The molecule has 4 aromatic rings. The number of amides is 4. The number of carbonyl (C=O) groups excluding carboxylic acids is 4. The van der Waals surface area contributed by atoms with Gasteiger partial charge in [-0.1, -0.05) is 68.4 Å². The highest BCUT2D eigenvalue weighted by Gasteiger charge is 2.46. The van der Waals surface area contributed by atoms with E-state index in [0.29, 0.717) is 31.7 Å². The van der Waals surface area contributed by atoms with Gasteiger partial charge in [0, 0.05) is 56.1 Å². The van der Waals surface area contributed by atoms with Gasteiger partial charge < -0.3 is 40.6 Å². The van der Waals surface area contributed by atoms with Gasteiger partial charge in [0.25, 0.3) is 0 Å². The highest BCUT2D eigenvalue weighted by Crippen LogP contribution is 2.29. The third-order valence-corrected chi connectivity index (χ3v) is 10.2. The summed E-state index contributed by atoms with van der Waals surface area (Å²) in [4.78, 5) is 64.8. The van der Waals surface area contributed by atoms with Crippen molar-refractivity contribution < 1.29 is 29.0 Å². The standard InChI is InChI=1S/C40H48N6O6/c1-25(2)19-32(37(41)48)45-17-18-46(33(39(45)50)21-26-9-5-4-6-10-26)40(51)34(23-28-24-43-30-12-8-7-11-29(28)30)44-16-15-42-31(38(44)49)20-27-13-14-35(47)36(22-27)52-3/h4-14,22,24-25,31-34,42-43,47H,15-21,23H2,1-3H3,(H2,41,48)/t31-,32-,33-,34-/m0/s1. The zero-order valence-electron chi connectivity index (χ0n) is 30.0. The molecule has 5 N–H and O–H groups in total. The fourth-order valence-corrected chi connectivity index (χ4v) is 7.60. The number of methoxy groups -OCH3 is 1. The van der Waals surface area contributed by atoms with Crippen molar-refractivity contribution in [2.75, 3.05) is 33.3 Å². The molecule has 2 aliphatic heterocycles. The second kappa shape index (κ2) is 15.9. The average molecular weight is 709 g/mol. The zero-order chi connectivity index (χ0) is 36.9. The van der Waals surface area contributed by atoms with E-state index in [0.717, 1.165) is 27.6 Å². The second-order valence-electron chi connectivity index (χ2n) is 14.1. The third-order valence-electron chi connectivity index (χ3n) is 10.2. The van der Waals surface area contributed by atoms with Crippen LogP contribution in [0.3, 0.4) is 0 Å². The number of para-hydroxylation sites is 1. The number of hydrogen-bond donors (Lipinski definition) is 4. The summed E-state index contributed by atoms with van der Waals surface area (Å²) in [6, 6.07) is 19.1. The molecule has 6 rings (SSSR count). The van der Waals surface area contributed by atoms with Crippen LogP contribution in [0, 0.1) is 5.92 Å². The second-order valence-corrected chi connectivity index (χ2v) is 14.1. The Labute approximate surface area is 303 Å². The van der Waals surface area contributed by atoms with E-state index < -0.39 is 30.1 Å². The van der Waals surface area contributed by atoms with Gasteiger partial charge in [-0.2, -0.15) is 0 Å². The third kappa shape index (κ3) is 7.76. The Hall–Kier alpha value is -5.36. The fourth-order valence-electron chi connectivity index (χ4n) is 7.60. The molecule has 0 aliphatic carbocycles. The number of nitrogens with one attached hydrogen (secondary N) is 2. The van der Waals surface area contributed by atoms with Crippen LogP contribution in [-0.2, 0) is 38.4 Å². The van der Waals surface area contributed by atoms with Gasteiger partial charge >= 0.3 is 0 Å². The smallest absolute Gasteiger partial charge is 0.246 e. The van der Waals surface area contributed by atoms with Crippen LogP contribution >= 0.6 is 0 Å². The maximum absolute atomic E-state index is 15.1. The minimum atomic E-state index is -0.911. The number of hydrogen-bond acceptors (Lipinski definition) is 7. The SMILES string of the molecule is COc1cc(C[C@@H]2NCCN([C@@H](Cc3c[nH]c4ccccc34)C(=O)N3CCN([C@@H](CC(C)C)C(N)=O)C(=O)[C@@H]3Cc3ccccc3)C2=O)ccc1O. The molecule has 0 bridgehead atoms. The number of ether oxygens (including phenoxy) is 1. The largest absolute Gasteiger partial charge is 0.504 e. The molecule has 0 spiro atoms. The number of carbonyl (C=O) groups is 4. The van der Waals surface area contributed by atoms with Gasteiger partial charge in [0.2, 0.25) is 23.6 Å². The van der Waals surface area contributed by atoms with Gasteiger partial charge in [0.1, 0.15) is 18.1 Å². The van der Waals surface area contributed by atoms with Gasteiger partial charge in [-0.3, -0.25) is 19.2 Å². The van der Waals surface area contributed by atoms with Gasteiger partial charge in [0.05, 0.1) is 13.2 Å². The monoisotopic (exact) mass is 708 g/mol. The first kappa shape index (κ1) is 36.4. The van der Waals surface area contributed by atoms with Crippen LogP contribution in [0.1, 0.15) is 37.0 Å². The summed E-state index contributed by atoms with van der Waals surface area (Å²) in [5, 5.41) is 14.4. The first-order valence-electron chi connectivity index (χ1n) is 17.9. The normalized spacial score (nSPS) is 19.3. The van der Waals surface area contributed by atoms with Crippen LogP contribution in [0.4, 0.5) is 0 Å². The van der Waals surface area contributed by atoms with E-state index in [1.54, 1.807) is 26.8 Å². The molecule has 52 heavy (non-hydrogen) atoms. The average Bonchev–Trinajstić information content (AvgIpc) is 3.55. The number of aromatic hydroxyl groups is 1. The molecule has 3 aromatic carbocycles. The van der Waals surface area contributed by atoms with Crippen LogP contribution in [0.2, 0.25) is 0 Å². The lowest BCUT2D eigenvalue weighted by molar-refractivity contribution is -0.160. The predicted octanol–water partition coefficient (Wildman–Crippen LogP) is 3.02. The van der Waals surface area contributed by atoms with Crippen molar-refractivity contribution in [2.45, 2.75) is 63.7 Å². The van der Waals surface area contributed by atoms with E-state index in [2.05, 4.69) is 10.3 Å². The van der Waals surface area contributed by atoms with E-state index in [9.17, 15) is 19.5 Å². The highest BCUT2D eigenvalue weighted by molar-refractivity contribution is 5.96. The number of H-pyrrole nitrogens is 1. The molecule has 4 atom stereocenters. The van der Waals surface area contributed by atoms with Crippen molar-refractivity contribution in [3.05, 3.63) is 95.7 Å². The molecule has 2 saturated heterocycles. The first-order chi connectivity index (χ1) is 25.0. The maximum atomic E-state index is 15.1. The summed E-state index contributed by atoms with van der Waals surface area (Å²) in [6.07, 6.45) is 3.09. The Bertz CT molecular complexity index is 1910. The van der Waals surface area contributed by atoms with Crippen molar-refractivity contribution in [1.82, 2.24) is 25.0 Å². The number of aromatic nitrogens is 1. The number of nitrogens with two attached hydrogens (primary N) is 1. The topological polar surface area (TPSA) is 161 Å². The lowest BCUT2D eigenvalue weighted by atomic mass is 9.94. The van der Waals surface area contributed by atoms with E-state index in [1.807, 2.05) is 74.6 Å². The summed E-state index contributed by atoms with van der Waals surface area (Å²) in [5.41, 5.74) is 9.32. The highest BCUT2D eigenvalue weighted by atomic mass is 16.5. The van der Waals surface area contributed by atoms with Crippen molar-refractivity contribution in [1.29, 1.82) is 0 Å². The van der Waals surface area contributed by atoms with Gasteiger partial charge in [0.15, 0.2) is 11.5 Å². The summed E-state index contributed by atoms with van der Waals surface area (Å²) in [6.45, 7) is 5.04. The van der Waals surface area contributed by atoms with Gasteiger partial charge in [-0.25, -0.2) is 0 Å². The molecular formula is C40H48N6O6. The Balaban J connectivity index is 1.35. The van der Waals surface area contributed by atoms with Crippen molar-refractivity contribution in [3.63, 3.8) is 0 Å². The Morgan fingerprint density at radius 2 is 1.63 bits per heavy atom. The Morgan fingerprint density at radius 3 is 2.37 bits per heavy atom. The summed E-state index contributed by atoms with van der Waals surface area (Å²) in [5.74, 6) is -1.01. The van der Waals surface area contributed by atoms with E-state index in [4.69, 9.17) is 10.5 Å². The number of phenolic OH excluding ortho intramolecular Hbond substituents is 1. The van der Waals surface area contributed by atoms with Gasteiger partial charge in [-0.05, 0) is 53.6 Å². The Morgan fingerprint density at radius 1 is 0.904 bits per heavy atom. The van der Waals surface area contributed by atoms with Crippen molar-refractivity contribution >= 4 is 34.5 Å². The Kier molecular flexibility index (Phi) is 11.1. The maximum Gasteiger partial charge on any atom is 0.246 e. The molecule has 4 amide bonds. The lowest BCUT2D eigenvalue weighted by Crippen LogP contribution is -2.67. The number of benzene rings is 3. The molecule has 2 fully saturated rings. The van der Waals surface area contributed by atoms with Crippen LogP contribution < -0.4 is 15.8 Å². The van der Waals surface area contributed by atoms with Crippen LogP contribution in [0.15, 0.2) is 79.0 Å². The number of primary amides is 1. The van der Waals surface area contributed by atoms with E-state index in [1.165, 1.54) is 13.2 Å². The van der Waals surface area contributed by atoms with Crippen molar-refractivity contribution in [3.8, 4) is 11.5 Å². The summed E-state index contributed by atoms with van der Waals surface area (Å²) >= 11 is 0. The lowest BCUT2D eigenvalue weighted by Gasteiger charge is -2.46. The molecule has 12 heteroatoms. The van der Waals surface area contributed by atoms with E-state index >= 15 is 4.79 Å². The molecule has 0 unspecified atom stereocenters. The summed E-state index contributed by atoms with van der Waals surface area (Å²) in [7, 11) is 1.47. The number of fused-ring (bicyclic) bond motifs is 1. The molecule has 274 valence electrons. The molecule has 2 aliphatic rings. The van der Waals surface area contributed by atoms with E-state index in [-0.39, 0.29) is 55.3 Å². The minimum absolute atomic E-state index is 0.00579. The molecule has 1 aromatic heterocycles. The van der Waals surface area contributed by atoms with Crippen molar-refractivity contribution in [2.24, 2.45) is 11.7 Å². The quantitative estimate of drug-likeness (QED) is 0.166. The molecule has 0 saturated carbocycles. The molecule has 3 heterocycles. The van der Waals surface area contributed by atoms with Crippen LogP contribution in [-0.4, -0.2) is 106 Å². The first-order valence-corrected chi connectivity index (χ1v) is 17.9. The molecular weight excluding hydrogens is 660 g/mol. The molecule has 12 nitrogen and oxygen atoms in total. The number of rotatable bonds is 13. The number of phenols is 1.